The molecular weight excluding hydrogens is 537 g/mol. The third kappa shape index (κ3) is 7.40. The minimum absolute atomic E-state index is 0.0395. The molecule has 0 spiro atoms. The van der Waals surface area contributed by atoms with Gasteiger partial charge in [0.2, 0.25) is 0 Å². The van der Waals surface area contributed by atoms with Crippen molar-refractivity contribution < 1.29 is 41.7 Å². The molecule has 1 aromatic heterocycles. The van der Waals surface area contributed by atoms with Crippen LogP contribution in [-0.4, -0.2) is 53.5 Å². The largest absolute Gasteiger partial charge is 0.497 e. The number of hydrogen-bond donors (Lipinski definition) is 0. The molecule has 1 aliphatic heterocycles. The van der Waals surface area contributed by atoms with Gasteiger partial charge in [-0.2, -0.15) is 17.7 Å². The number of aromatic nitrogens is 2. The Morgan fingerprint density at radius 1 is 1.15 bits per heavy atom. The van der Waals surface area contributed by atoms with Crippen LogP contribution in [0.3, 0.4) is 0 Å². The van der Waals surface area contributed by atoms with E-state index in [1.165, 1.54) is 38.3 Å². The van der Waals surface area contributed by atoms with Crippen LogP contribution in [0.5, 0.6) is 5.75 Å². The van der Waals surface area contributed by atoms with Crippen molar-refractivity contribution in [2.24, 2.45) is 5.92 Å². The lowest BCUT2D eigenvalue weighted by Gasteiger charge is -2.19. The predicted molar refractivity (Wildman–Crippen MR) is 135 cm³/mol. The van der Waals surface area contributed by atoms with Crippen LogP contribution in [-0.2, 0) is 25.2 Å². The summed E-state index contributed by atoms with van der Waals surface area (Å²) in [5.74, 6) is 4.57. The number of benzene rings is 1. The molecule has 0 bridgehead atoms. The summed E-state index contributed by atoms with van der Waals surface area (Å²) in [5, 5.41) is 0. The van der Waals surface area contributed by atoms with E-state index in [0.717, 1.165) is 0 Å². The number of rotatable bonds is 8. The van der Waals surface area contributed by atoms with Crippen LogP contribution in [0.2, 0.25) is 0 Å². The van der Waals surface area contributed by atoms with Gasteiger partial charge in [0.05, 0.1) is 13.2 Å². The zero-order chi connectivity index (χ0) is 29.6. The molecule has 0 unspecified atom stereocenters. The first-order valence-corrected chi connectivity index (χ1v) is 12.3. The molecule has 13 heteroatoms. The molecular formula is C27H29F3N2O8. The SMILES string of the molecule is COc1ccc(C(=O)n2c(=O)c(C(F)(F)F)cn([C@H]3C[C@H](OCC#CCC(C)C)[C@@H](COC(C)=O)O3)c2=O)cc1. The van der Waals surface area contributed by atoms with Crippen LogP contribution >= 0.6 is 0 Å². The summed E-state index contributed by atoms with van der Waals surface area (Å²) < 4.78 is 63.5. The van der Waals surface area contributed by atoms with E-state index in [2.05, 4.69) is 11.8 Å². The van der Waals surface area contributed by atoms with Gasteiger partial charge in [0, 0.05) is 31.5 Å². The van der Waals surface area contributed by atoms with E-state index in [1.54, 1.807) is 0 Å². The predicted octanol–water partition coefficient (Wildman–Crippen LogP) is 3.01. The Morgan fingerprint density at radius 2 is 1.82 bits per heavy atom. The Hall–Kier alpha value is -3.89. The zero-order valence-corrected chi connectivity index (χ0v) is 22.3. The maximum absolute atomic E-state index is 13.9. The number of methoxy groups -OCH3 is 1. The van der Waals surface area contributed by atoms with Gasteiger partial charge in [-0.15, -0.1) is 5.92 Å². The van der Waals surface area contributed by atoms with E-state index in [0.29, 0.717) is 28.9 Å². The summed E-state index contributed by atoms with van der Waals surface area (Å²) in [6.07, 6.45) is -7.55. The minimum atomic E-state index is -5.19. The summed E-state index contributed by atoms with van der Waals surface area (Å²) in [4.78, 5) is 50.5. The van der Waals surface area contributed by atoms with Gasteiger partial charge >= 0.3 is 17.8 Å². The zero-order valence-electron chi connectivity index (χ0n) is 22.3. The van der Waals surface area contributed by atoms with Crippen LogP contribution in [0.1, 0.15) is 55.8 Å². The molecule has 10 nitrogen and oxygen atoms in total. The molecule has 2 aromatic rings. The summed E-state index contributed by atoms with van der Waals surface area (Å²) in [5.41, 5.74) is -5.12. The van der Waals surface area contributed by atoms with Gasteiger partial charge in [0.25, 0.3) is 11.5 Å². The molecule has 0 radical (unpaired) electrons. The number of carbonyl (C=O) groups excluding carboxylic acids is 2. The van der Waals surface area contributed by atoms with E-state index in [-0.39, 0.29) is 29.8 Å². The maximum Gasteiger partial charge on any atom is 0.423 e. The quantitative estimate of drug-likeness (QED) is 0.354. The van der Waals surface area contributed by atoms with Gasteiger partial charge < -0.3 is 18.9 Å². The van der Waals surface area contributed by atoms with E-state index in [1.807, 2.05) is 13.8 Å². The molecule has 0 aliphatic carbocycles. The van der Waals surface area contributed by atoms with E-state index >= 15 is 0 Å². The van der Waals surface area contributed by atoms with Crippen molar-refractivity contribution in [1.82, 2.24) is 9.13 Å². The van der Waals surface area contributed by atoms with Crippen molar-refractivity contribution in [2.45, 2.75) is 58.2 Å². The number of hydrogen-bond acceptors (Lipinski definition) is 8. The second-order valence-electron chi connectivity index (χ2n) is 9.37. The summed E-state index contributed by atoms with van der Waals surface area (Å²) >= 11 is 0. The average Bonchev–Trinajstić information content (AvgIpc) is 3.29. The van der Waals surface area contributed by atoms with Gasteiger partial charge in [-0.05, 0) is 30.2 Å². The standard InChI is InChI=1S/C27H29F3N2O8/c1-16(2)7-5-6-12-38-21-13-23(40-22(21)15-39-17(3)33)31-14-20(27(28,29)30)25(35)32(26(31)36)24(34)18-8-10-19(37-4)11-9-18/h8-11,14,16,21-23H,7,12-13,15H2,1-4H3/t21-,22+,23+/m0/s1. The molecule has 1 fully saturated rings. The molecule has 2 heterocycles. The number of nitrogens with zero attached hydrogens (tertiary/aromatic N) is 2. The minimum Gasteiger partial charge on any atom is -0.497 e. The molecule has 0 amide bonds. The Bertz CT molecular complexity index is 1400. The summed E-state index contributed by atoms with van der Waals surface area (Å²) in [7, 11) is 1.37. The van der Waals surface area contributed by atoms with Crippen LogP contribution in [0, 0.1) is 17.8 Å². The highest BCUT2D eigenvalue weighted by atomic mass is 19.4. The third-order valence-corrected chi connectivity index (χ3v) is 5.91. The number of ether oxygens (including phenoxy) is 4. The van der Waals surface area contributed by atoms with E-state index in [9.17, 15) is 32.3 Å². The van der Waals surface area contributed by atoms with Crippen molar-refractivity contribution in [1.29, 1.82) is 0 Å². The Kier molecular flexibility index (Phi) is 9.94. The smallest absolute Gasteiger partial charge is 0.423 e. The summed E-state index contributed by atoms with van der Waals surface area (Å²) in [6, 6.07) is 5.14. The van der Waals surface area contributed by atoms with Gasteiger partial charge in [-0.3, -0.25) is 19.0 Å². The van der Waals surface area contributed by atoms with Crippen molar-refractivity contribution >= 4 is 11.9 Å². The van der Waals surface area contributed by atoms with Gasteiger partial charge in [-0.1, -0.05) is 19.8 Å². The first kappa shape index (κ1) is 30.6. The fourth-order valence-electron chi connectivity index (χ4n) is 3.89. The highest BCUT2D eigenvalue weighted by Crippen LogP contribution is 2.32. The monoisotopic (exact) mass is 566 g/mol. The van der Waals surface area contributed by atoms with Crippen LogP contribution in [0.4, 0.5) is 13.2 Å². The number of halogens is 3. The van der Waals surface area contributed by atoms with Crippen molar-refractivity contribution in [3.05, 3.63) is 62.4 Å². The van der Waals surface area contributed by atoms with Crippen molar-refractivity contribution in [3.8, 4) is 17.6 Å². The Balaban J connectivity index is 2.01. The van der Waals surface area contributed by atoms with Crippen LogP contribution in [0.25, 0.3) is 0 Å². The lowest BCUT2D eigenvalue weighted by atomic mass is 10.1. The van der Waals surface area contributed by atoms with E-state index in [4.69, 9.17) is 18.9 Å². The molecule has 3 atom stereocenters. The van der Waals surface area contributed by atoms with Crippen molar-refractivity contribution in [3.63, 3.8) is 0 Å². The molecule has 0 saturated carbocycles. The van der Waals surface area contributed by atoms with Gasteiger partial charge in [0.15, 0.2) is 0 Å². The van der Waals surface area contributed by atoms with E-state index < -0.39 is 53.3 Å². The first-order valence-electron chi connectivity index (χ1n) is 12.3. The lowest BCUT2D eigenvalue weighted by Crippen LogP contribution is -2.47. The fraction of sp³-hybridized carbons (Fsp3) is 0.481. The molecule has 1 aliphatic rings. The van der Waals surface area contributed by atoms with Crippen LogP contribution < -0.4 is 16.0 Å². The molecule has 216 valence electrons. The highest BCUT2D eigenvalue weighted by molar-refractivity contribution is 5.95. The number of carbonyl (C=O) groups is 2. The lowest BCUT2D eigenvalue weighted by molar-refractivity contribution is -0.148. The number of esters is 1. The molecule has 1 saturated heterocycles. The van der Waals surface area contributed by atoms with Gasteiger partial charge in [0.1, 0.15) is 36.9 Å². The Morgan fingerprint density at radius 3 is 2.40 bits per heavy atom. The second-order valence-corrected chi connectivity index (χ2v) is 9.37. The molecule has 1 aromatic carbocycles. The topological polar surface area (TPSA) is 115 Å². The van der Waals surface area contributed by atoms with Gasteiger partial charge in [-0.25, -0.2) is 4.79 Å². The molecule has 40 heavy (non-hydrogen) atoms. The highest BCUT2D eigenvalue weighted by Gasteiger charge is 2.42. The first-order chi connectivity index (χ1) is 18.8. The average molecular weight is 567 g/mol. The fourth-order valence-corrected chi connectivity index (χ4v) is 3.89. The number of alkyl halides is 3. The van der Waals surface area contributed by atoms with Crippen molar-refractivity contribution in [2.75, 3.05) is 20.3 Å². The van der Waals surface area contributed by atoms with Crippen LogP contribution in [0.15, 0.2) is 40.1 Å². The third-order valence-electron chi connectivity index (χ3n) is 5.91. The molecule has 3 rings (SSSR count). The normalized spacial score (nSPS) is 18.8. The summed E-state index contributed by atoms with van der Waals surface area (Å²) in [6.45, 7) is 4.81. The molecule has 0 N–H and O–H groups in total. The Labute approximate surface area is 227 Å². The second kappa shape index (κ2) is 13.0. The maximum atomic E-state index is 13.9.